The molecule has 14 aromatic rings. The van der Waals surface area contributed by atoms with Gasteiger partial charge in [0.05, 0.1) is 28.8 Å². The molecule has 15 heteroatoms. The average Bonchev–Trinajstić information content (AvgIpc) is 1.55. The molecule has 0 saturated carbocycles. The van der Waals surface area contributed by atoms with Crippen molar-refractivity contribution in [2.45, 2.75) is 34.6 Å². The van der Waals surface area contributed by atoms with Crippen LogP contribution in [0.15, 0.2) is 266 Å². The molecule has 10 aromatic carbocycles. The number of aromatic nitrogens is 12. The standard InChI is InChI=1S/C30H22N6.C30H21N6.C16H8.C7H7N3/c1-19-11-3-9-17-25(19)35-29-23-15-7-5-13-21(23)28-30(24-16-8-6-14-22(24)27(29)31-33-35)36(34-32-28)26-18-10-4-12-20(26)2;1-19-11-3-9-17-25(19)35-29-23-15-7-8-16-24(23)30-28(22-14-6-5-13-21(22)27(29)31-33-35)32-34-36(30)26-18-10-4-12-20(26)2;1-2-6-14-11-12-16-8-4-3-7-15(16)10-9-13(14)5-1;1-6-4-2-3-5-7(6)9-10-8/h3-18H,1-2H3;3-5,7-18H,1-2H3;1-8H;2-5H,1H3/q;+1;;. The monoisotopic (exact) mass is 1260 g/mol. The fourth-order valence-corrected chi connectivity index (χ4v) is 12.6. The molecule has 0 N–H and O–H groups in total. The molecule has 0 radical (unpaired) electrons. The molecule has 0 spiro atoms. The number of aryl methyl sites for hydroxylation is 5. The molecule has 4 aromatic heterocycles. The molecule has 0 saturated heterocycles. The third kappa shape index (κ3) is 11.2. The van der Waals surface area contributed by atoms with Gasteiger partial charge in [0.25, 0.3) is 0 Å². The van der Waals surface area contributed by atoms with Crippen LogP contribution in [-0.2, 0) is 0 Å². The van der Waals surface area contributed by atoms with Crippen LogP contribution in [0.25, 0.3) is 112 Å². The van der Waals surface area contributed by atoms with Gasteiger partial charge in [-0.2, -0.15) is 0 Å². The average molecular weight is 1270 g/mol. The van der Waals surface area contributed by atoms with E-state index in [2.05, 4.69) is 198 Å². The van der Waals surface area contributed by atoms with Crippen molar-refractivity contribution in [1.29, 1.82) is 0 Å². The van der Waals surface area contributed by atoms with Crippen molar-refractivity contribution < 1.29 is 0 Å². The first-order chi connectivity index (χ1) is 48.2. The van der Waals surface area contributed by atoms with E-state index in [1.807, 2.05) is 171 Å². The molecule has 4 aliphatic carbocycles. The van der Waals surface area contributed by atoms with E-state index in [1.54, 1.807) is 6.07 Å². The highest BCUT2D eigenvalue weighted by Crippen LogP contribution is 2.49. The number of para-hydroxylation sites is 4. The fraction of sp³-hybridized carbons (Fsp3) is 0.0602. The number of hydrogen-bond donors (Lipinski definition) is 0. The highest BCUT2D eigenvalue weighted by atomic mass is 15.5. The molecule has 0 aliphatic heterocycles. The first-order valence-electron chi connectivity index (χ1n) is 31.9. The Kier molecular flexibility index (Phi) is 16.3. The molecule has 464 valence electrons. The van der Waals surface area contributed by atoms with Gasteiger partial charge < -0.3 is 0 Å². The molecule has 98 heavy (non-hydrogen) atoms. The summed E-state index contributed by atoms with van der Waals surface area (Å²) in [4.78, 5) is 2.69. The first-order valence-corrected chi connectivity index (χ1v) is 31.9. The Morgan fingerprint density at radius 3 is 0.969 bits per heavy atom. The van der Waals surface area contributed by atoms with E-state index < -0.39 is 0 Å². The van der Waals surface area contributed by atoms with E-state index in [0.29, 0.717) is 5.69 Å². The smallest absolute Gasteiger partial charge is 0.178 e. The van der Waals surface area contributed by atoms with Crippen LogP contribution in [0.5, 0.6) is 0 Å². The van der Waals surface area contributed by atoms with Crippen LogP contribution in [0.3, 0.4) is 0 Å². The molecule has 4 aliphatic rings. The van der Waals surface area contributed by atoms with E-state index in [-0.39, 0.29) is 0 Å². The number of hydrogen-bond acceptors (Lipinski definition) is 9. The molecule has 0 bridgehead atoms. The number of allylic oxidation sites excluding steroid dienone is 6. The Labute approximate surface area is 566 Å². The number of azide groups is 1. The van der Waals surface area contributed by atoms with Crippen LogP contribution in [0.2, 0.25) is 0 Å². The lowest BCUT2D eigenvalue weighted by Gasteiger charge is -2.19. The van der Waals surface area contributed by atoms with Crippen molar-refractivity contribution >= 4 is 16.8 Å². The normalized spacial score (nSPS) is 11.7. The first kappa shape index (κ1) is 60.6. The van der Waals surface area contributed by atoms with Gasteiger partial charge in [0, 0.05) is 72.3 Å². The molecular formula is C83H58N15+. The summed E-state index contributed by atoms with van der Waals surface area (Å²) in [6, 6.07) is 81.4. The van der Waals surface area contributed by atoms with Gasteiger partial charge >= 0.3 is 0 Å². The maximum absolute atomic E-state index is 8.10. The van der Waals surface area contributed by atoms with Crippen LogP contribution in [0.1, 0.15) is 61.5 Å². The van der Waals surface area contributed by atoms with Gasteiger partial charge in [-0.05, 0) is 116 Å². The summed E-state index contributed by atoms with van der Waals surface area (Å²) in [6.45, 7) is 10.3. The largest absolute Gasteiger partial charge is 0.212 e. The Morgan fingerprint density at radius 1 is 0.327 bits per heavy atom. The van der Waals surface area contributed by atoms with E-state index in [4.69, 9.17) is 25.9 Å². The highest BCUT2D eigenvalue weighted by Gasteiger charge is 2.36. The summed E-state index contributed by atoms with van der Waals surface area (Å²) < 4.78 is 7.82. The van der Waals surface area contributed by atoms with Crippen molar-refractivity contribution in [2.75, 3.05) is 0 Å². The summed E-state index contributed by atoms with van der Waals surface area (Å²) in [7, 11) is 0. The summed E-state index contributed by atoms with van der Waals surface area (Å²) in [5.74, 6) is 12.7. The van der Waals surface area contributed by atoms with E-state index >= 15 is 0 Å². The Balaban J connectivity index is 0.000000118. The van der Waals surface area contributed by atoms with Gasteiger partial charge in [-0.25, -0.2) is 18.7 Å². The lowest BCUT2D eigenvalue weighted by Crippen LogP contribution is -2.07. The van der Waals surface area contributed by atoms with Gasteiger partial charge in [0.15, 0.2) is 5.69 Å². The van der Waals surface area contributed by atoms with E-state index in [9.17, 15) is 0 Å². The molecule has 18 rings (SSSR count). The second kappa shape index (κ2) is 26.4. The molecule has 0 fully saturated rings. The van der Waals surface area contributed by atoms with Gasteiger partial charge in [-0.1, -0.05) is 244 Å². The quantitative estimate of drug-likeness (QED) is 0.0538. The summed E-state index contributed by atoms with van der Waals surface area (Å²) in [5, 5.41) is 41.1. The lowest BCUT2D eigenvalue weighted by atomic mass is 9.87. The number of nitrogens with zero attached hydrogens (tertiary/aromatic N) is 15. The molecule has 15 nitrogen and oxygen atoms in total. The summed E-state index contributed by atoms with van der Waals surface area (Å²) >= 11 is 0. The van der Waals surface area contributed by atoms with Gasteiger partial charge in [0.1, 0.15) is 63.2 Å². The Hall–Kier alpha value is -13.7. The second-order valence-electron chi connectivity index (χ2n) is 23.6. The number of benzene rings is 10. The third-order valence-electron chi connectivity index (χ3n) is 17.5. The Bertz CT molecular complexity index is 5380. The maximum atomic E-state index is 8.10. The topological polar surface area (TPSA) is 172 Å². The number of rotatable bonds is 5. The van der Waals surface area contributed by atoms with Gasteiger partial charge in [0.2, 0.25) is 0 Å². The zero-order valence-electron chi connectivity index (χ0n) is 54.0. The van der Waals surface area contributed by atoms with Crippen LogP contribution >= 0.6 is 0 Å². The number of fused-ring (bicyclic) bond motifs is 17. The minimum atomic E-state index is 0.699. The molecule has 0 amide bonds. The summed E-state index contributed by atoms with van der Waals surface area (Å²) in [6.07, 6.45) is 9.16. The Morgan fingerprint density at radius 2 is 0.612 bits per heavy atom. The van der Waals surface area contributed by atoms with Crippen molar-refractivity contribution in [2.24, 2.45) is 5.11 Å². The van der Waals surface area contributed by atoms with E-state index in [1.165, 1.54) is 0 Å². The van der Waals surface area contributed by atoms with Crippen molar-refractivity contribution in [3.63, 3.8) is 0 Å². The predicted octanol–water partition coefficient (Wildman–Crippen LogP) is 18.1. The van der Waals surface area contributed by atoms with Crippen LogP contribution in [0.4, 0.5) is 5.69 Å². The molecule has 0 atom stereocenters. The van der Waals surface area contributed by atoms with Crippen LogP contribution in [0, 0.1) is 64.4 Å². The lowest BCUT2D eigenvalue weighted by molar-refractivity contribution is 0.799. The minimum absolute atomic E-state index is 0.699. The summed E-state index contributed by atoms with van der Waals surface area (Å²) in [5.41, 5.74) is 37.4. The fourth-order valence-electron chi connectivity index (χ4n) is 12.6. The molecular weight excluding hydrogens is 1210 g/mol. The zero-order valence-corrected chi connectivity index (χ0v) is 54.0. The van der Waals surface area contributed by atoms with E-state index in [0.717, 1.165) is 163 Å². The predicted molar refractivity (Wildman–Crippen MR) is 386 cm³/mol. The highest BCUT2D eigenvalue weighted by molar-refractivity contribution is 6.07. The van der Waals surface area contributed by atoms with Gasteiger partial charge in [-0.3, -0.25) is 0 Å². The SMILES string of the molecule is C1#Cc2ccccc2C#Cc2ccccc21.Cc1ccccc1-n1nnc2c1-c1ccccc1-c1c(nnn1-c1ccccc1C)C1=C2C=[C+]C=C1.Cc1ccccc1-n1nnc2c1-c1ccccc1-c1nnn(-c3ccccc3C)c1-c1ccccc1-2.Cc1ccccc1N=[N+]=[N-]. The van der Waals surface area contributed by atoms with Gasteiger partial charge in [-0.15, -0.1) is 20.4 Å². The van der Waals surface area contributed by atoms with Crippen LogP contribution in [-0.4, -0.2) is 60.0 Å². The third-order valence-corrected chi connectivity index (χ3v) is 17.5. The van der Waals surface area contributed by atoms with Crippen molar-refractivity contribution in [3.8, 4) is 114 Å². The maximum Gasteiger partial charge on any atom is 0.178 e. The van der Waals surface area contributed by atoms with Crippen molar-refractivity contribution in [1.82, 2.24) is 60.0 Å². The zero-order chi connectivity index (χ0) is 66.6. The molecule has 4 heterocycles. The molecule has 0 unspecified atom stereocenters. The second-order valence-corrected chi connectivity index (χ2v) is 23.6. The van der Waals surface area contributed by atoms with Crippen molar-refractivity contribution in [3.05, 3.63) is 339 Å². The minimum Gasteiger partial charge on any atom is -0.212 e. The van der Waals surface area contributed by atoms with Crippen LogP contribution < -0.4 is 0 Å².